The average molecular weight is 303 g/mol. The zero-order valence-electron chi connectivity index (χ0n) is 10.7. The molecule has 2 N–H and O–H groups in total. The first-order valence-electron chi connectivity index (χ1n) is 6.09. The second-order valence-electron chi connectivity index (χ2n) is 4.61. The Bertz CT molecular complexity index is 494. The third-order valence-corrected chi connectivity index (χ3v) is 4.10. The molecule has 1 fully saturated rings. The number of amides is 1. The Balaban J connectivity index is 2.26. The molecule has 1 amide bonds. The third-order valence-electron chi connectivity index (χ3n) is 3.38. The van der Waals surface area contributed by atoms with E-state index in [4.69, 9.17) is 33.7 Å². The lowest BCUT2D eigenvalue weighted by Crippen LogP contribution is -2.30. The van der Waals surface area contributed by atoms with Gasteiger partial charge in [0.15, 0.2) is 0 Å². The number of benzene rings is 1. The van der Waals surface area contributed by atoms with Gasteiger partial charge in [-0.2, -0.15) is 0 Å². The van der Waals surface area contributed by atoms with Crippen molar-refractivity contribution in [2.24, 2.45) is 11.7 Å². The molecule has 1 aliphatic heterocycles. The van der Waals surface area contributed by atoms with Crippen molar-refractivity contribution in [3.63, 3.8) is 0 Å². The van der Waals surface area contributed by atoms with Crippen molar-refractivity contribution in [2.45, 2.75) is 6.42 Å². The SMILES string of the molecule is COc1cc(Cl)c(Cl)cc1C(=O)N1CC[C@H](CN)C1. The molecule has 0 bridgehead atoms. The van der Waals surface area contributed by atoms with E-state index in [9.17, 15) is 4.79 Å². The van der Waals surface area contributed by atoms with Gasteiger partial charge in [0.25, 0.3) is 5.91 Å². The maximum Gasteiger partial charge on any atom is 0.257 e. The fourth-order valence-electron chi connectivity index (χ4n) is 2.24. The normalized spacial score (nSPS) is 18.7. The fraction of sp³-hybridized carbons (Fsp3) is 0.462. The van der Waals surface area contributed by atoms with E-state index in [1.54, 1.807) is 17.0 Å². The van der Waals surface area contributed by atoms with Crippen LogP contribution in [-0.2, 0) is 0 Å². The molecule has 1 heterocycles. The zero-order chi connectivity index (χ0) is 14.0. The van der Waals surface area contributed by atoms with Crippen LogP contribution in [0.15, 0.2) is 12.1 Å². The minimum absolute atomic E-state index is 0.0913. The topological polar surface area (TPSA) is 55.6 Å². The quantitative estimate of drug-likeness (QED) is 0.933. The lowest BCUT2D eigenvalue weighted by atomic mass is 10.1. The van der Waals surface area contributed by atoms with Crippen LogP contribution in [0.1, 0.15) is 16.8 Å². The molecule has 6 heteroatoms. The van der Waals surface area contributed by atoms with Crippen LogP contribution in [0.2, 0.25) is 10.0 Å². The van der Waals surface area contributed by atoms with Gasteiger partial charge in [-0.25, -0.2) is 0 Å². The first-order chi connectivity index (χ1) is 9.06. The number of carbonyl (C=O) groups is 1. The van der Waals surface area contributed by atoms with Gasteiger partial charge in [-0.15, -0.1) is 0 Å². The fourth-order valence-corrected chi connectivity index (χ4v) is 2.56. The summed E-state index contributed by atoms with van der Waals surface area (Å²) in [7, 11) is 1.50. The summed E-state index contributed by atoms with van der Waals surface area (Å²) in [5, 5.41) is 0.719. The average Bonchev–Trinajstić information content (AvgIpc) is 2.89. The van der Waals surface area contributed by atoms with Gasteiger partial charge in [0, 0.05) is 19.2 Å². The van der Waals surface area contributed by atoms with Crippen LogP contribution in [0.25, 0.3) is 0 Å². The number of methoxy groups -OCH3 is 1. The maximum absolute atomic E-state index is 12.5. The van der Waals surface area contributed by atoms with Crippen molar-refractivity contribution in [1.82, 2.24) is 4.90 Å². The summed E-state index contributed by atoms with van der Waals surface area (Å²) in [5.74, 6) is 0.722. The zero-order valence-corrected chi connectivity index (χ0v) is 12.2. The molecule has 0 aromatic heterocycles. The number of hydrogen-bond donors (Lipinski definition) is 1. The molecule has 1 aromatic rings. The number of halogens is 2. The van der Waals surface area contributed by atoms with Gasteiger partial charge in [-0.1, -0.05) is 23.2 Å². The van der Waals surface area contributed by atoms with Gasteiger partial charge >= 0.3 is 0 Å². The minimum Gasteiger partial charge on any atom is -0.496 e. The Labute approximate surface area is 122 Å². The Morgan fingerprint density at radius 2 is 2.16 bits per heavy atom. The van der Waals surface area contributed by atoms with Gasteiger partial charge in [0.05, 0.1) is 22.7 Å². The molecule has 0 aliphatic carbocycles. The van der Waals surface area contributed by atoms with E-state index >= 15 is 0 Å². The third kappa shape index (κ3) is 2.96. The Kier molecular flexibility index (Phi) is 4.55. The van der Waals surface area contributed by atoms with Gasteiger partial charge in [0.1, 0.15) is 5.75 Å². The molecule has 1 atom stereocenters. The highest BCUT2D eigenvalue weighted by Gasteiger charge is 2.28. The highest BCUT2D eigenvalue weighted by atomic mass is 35.5. The summed E-state index contributed by atoms with van der Waals surface area (Å²) >= 11 is 11.9. The van der Waals surface area contributed by atoms with Crippen molar-refractivity contribution in [1.29, 1.82) is 0 Å². The minimum atomic E-state index is -0.0913. The number of nitrogens with two attached hydrogens (primary N) is 1. The molecule has 0 spiro atoms. The van der Waals surface area contributed by atoms with Gasteiger partial charge in [0.2, 0.25) is 0 Å². The predicted molar refractivity (Wildman–Crippen MR) is 76.1 cm³/mol. The molecule has 104 valence electrons. The smallest absolute Gasteiger partial charge is 0.257 e. The number of rotatable bonds is 3. The number of carbonyl (C=O) groups excluding carboxylic acids is 1. The van der Waals surface area contributed by atoms with E-state index in [1.807, 2.05) is 0 Å². The highest BCUT2D eigenvalue weighted by molar-refractivity contribution is 6.42. The first kappa shape index (κ1) is 14.4. The van der Waals surface area contributed by atoms with Crippen LogP contribution in [0.5, 0.6) is 5.75 Å². The van der Waals surface area contributed by atoms with Crippen LogP contribution in [0.4, 0.5) is 0 Å². The molecule has 0 unspecified atom stereocenters. The van der Waals surface area contributed by atoms with Crippen molar-refractivity contribution >= 4 is 29.1 Å². The molecule has 2 rings (SSSR count). The summed E-state index contributed by atoms with van der Waals surface area (Å²) in [6.45, 7) is 1.99. The van der Waals surface area contributed by atoms with Crippen molar-refractivity contribution in [3.8, 4) is 5.75 Å². The molecule has 0 radical (unpaired) electrons. The van der Waals surface area contributed by atoms with Crippen molar-refractivity contribution < 1.29 is 9.53 Å². The van der Waals surface area contributed by atoms with Crippen molar-refractivity contribution in [3.05, 3.63) is 27.7 Å². The number of hydrogen-bond acceptors (Lipinski definition) is 3. The predicted octanol–water partition coefficient (Wildman–Crippen LogP) is 2.42. The maximum atomic E-state index is 12.5. The summed E-state index contributed by atoms with van der Waals surface area (Å²) in [5.41, 5.74) is 6.07. The van der Waals surface area contributed by atoms with Crippen LogP contribution < -0.4 is 10.5 Å². The molecule has 4 nitrogen and oxygen atoms in total. The lowest BCUT2D eigenvalue weighted by Gasteiger charge is -2.18. The molecule has 0 saturated carbocycles. The van der Waals surface area contributed by atoms with Gasteiger partial charge < -0.3 is 15.4 Å². The second kappa shape index (κ2) is 5.99. The number of nitrogens with zero attached hydrogens (tertiary/aromatic N) is 1. The van der Waals surface area contributed by atoms with E-state index in [0.29, 0.717) is 46.9 Å². The van der Waals surface area contributed by atoms with Gasteiger partial charge in [-0.05, 0) is 24.9 Å². The largest absolute Gasteiger partial charge is 0.496 e. The van der Waals surface area contributed by atoms with E-state index in [0.717, 1.165) is 6.42 Å². The lowest BCUT2D eigenvalue weighted by molar-refractivity contribution is 0.0784. The van der Waals surface area contributed by atoms with Crippen LogP contribution >= 0.6 is 23.2 Å². The molecule has 1 aliphatic rings. The van der Waals surface area contributed by atoms with Crippen molar-refractivity contribution in [2.75, 3.05) is 26.7 Å². The molecule has 1 aromatic carbocycles. The Morgan fingerprint density at radius 1 is 1.47 bits per heavy atom. The number of ether oxygens (including phenoxy) is 1. The molecule has 1 saturated heterocycles. The molecular formula is C13H16Cl2N2O2. The summed E-state index contributed by atoms with van der Waals surface area (Å²) in [4.78, 5) is 14.2. The summed E-state index contributed by atoms with van der Waals surface area (Å²) < 4.78 is 5.20. The highest BCUT2D eigenvalue weighted by Crippen LogP contribution is 2.32. The summed E-state index contributed by atoms with van der Waals surface area (Å²) in [6, 6.07) is 3.12. The van der Waals surface area contributed by atoms with Gasteiger partial charge in [-0.3, -0.25) is 4.79 Å². The standard InChI is InChI=1S/C13H16Cl2N2O2/c1-19-12-5-11(15)10(14)4-9(12)13(18)17-3-2-8(6-16)7-17/h4-5,8H,2-3,6-7,16H2,1H3/t8-/m1/s1. The van der Waals surface area contributed by atoms with E-state index in [1.165, 1.54) is 7.11 Å². The van der Waals surface area contributed by atoms with E-state index < -0.39 is 0 Å². The molecule has 19 heavy (non-hydrogen) atoms. The number of likely N-dealkylation sites (tertiary alicyclic amines) is 1. The monoisotopic (exact) mass is 302 g/mol. The van der Waals surface area contributed by atoms with Crippen LogP contribution in [0, 0.1) is 5.92 Å². The second-order valence-corrected chi connectivity index (χ2v) is 5.42. The van der Waals surface area contributed by atoms with Crippen LogP contribution in [0.3, 0.4) is 0 Å². The van der Waals surface area contributed by atoms with E-state index in [2.05, 4.69) is 0 Å². The summed E-state index contributed by atoms with van der Waals surface area (Å²) in [6.07, 6.45) is 0.936. The molecular weight excluding hydrogens is 287 g/mol. The van der Waals surface area contributed by atoms with E-state index in [-0.39, 0.29) is 5.91 Å². The Hall–Kier alpha value is -0.970. The first-order valence-corrected chi connectivity index (χ1v) is 6.84. The Morgan fingerprint density at radius 3 is 2.74 bits per heavy atom. The van der Waals surface area contributed by atoms with Crippen LogP contribution in [-0.4, -0.2) is 37.6 Å².